The number of benzene rings is 2. The van der Waals surface area contributed by atoms with Crippen molar-refractivity contribution in [2.75, 3.05) is 0 Å². The van der Waals surface area contributed by atoms with Crippen molar-refractivity contribution in [2.24, 2.45) is 5.92 Å². The van der Waals surface area contributed by atoms with Gasteiger partial charge in [-0.15, -0.1) is 11.0 Å². The number of carbonyl (C=O) groups is 2. The molecule has 1 saturated carbocycles. The van der Waals surface area contributed by atoms with E-state index >= 15 is 0 Å². The van der Waals surface area contributed by atoms with Gasteiger partial charge in [0, 0.05) is 6.42 Å². The largest absolute Gasteiger partial charge is 0.478 e. The third-order valence-electron chi connectivity index (χ3n) is 6.37. The van der Waals surface area contributed by atoms with Crippen LogP contribution in [0.25, 0.3) is 11.1 Å². The van der Waals surface area contributed by atoms with Gasteiger partial charge >= 0.3 is 5.97 Å². The molecule has 34 heavy (non-hydrogen) atoms. The summed E-state index contributed by atoms with van der Waals surface area (Å²) >= 11 is 0. The van der Waals surface area contributed by atoms with E-state index in [9.17, 15) is 14.7 Å². The van der Waals surface area contributed by atoms with Gasteiger partial charge in [0.25, 0.3) is 0 Å². The third kappa shape index (κ3) is 5.60. The molecule has 1 aliphatic rings. The van der Waals surface area contributed by atoms with Crippen molar-refractivity contribution < 1.29 is 14.7 Å². The van der Waals surface area contributed by atoms with Crippen LogP contribution in [-0.4, -0.2) is 31.6 Å². The average molecular weight is 456 g/mol. The fourth-order valence-electron chi connectivity index (χ4n) is 4.55. The summed E-state index contributed by atoms with van der Waals surface area (Å²) in [7, 11) is 0. The summed E-state index contributed by atoms with van der Waals surface area (Å²) in [5.74, 6) is 6.38. The number of hydrogen-bond donors (Lipinski definition) is 1. The highest BCUT2D eigenvalue weighted by molar-refractivity contribution is 5.96. The lowest BCUT2D eigenvalue weighted by Crippen LogP contribution is -2.13. The predicted octanol–water partition coefficient (Wildman–Crippen LogP) is 5.41. The van der Waals surface area contributed by atoms with Crippen LogP contribution in [0, 0.1) is 17.8 Å². The minimum absolute atomic E-state index is 0.0111. The van der Waals surface area contributed by atoms with E-state index < -0.39 is 5.97 Å². The molecule has 0 amide bonds. The number of carboxylic acid groups (broad SMARTS) is 1. The Balaban J connectivity index is 1.53. The van der Waals surface area contributed by atoms with Crippen LogP contribution in [0.15, 0.2) is 48.5 Å². The van der Waals surface area contributed by atoms with E-state index in [1.165, 1.54) is 19.3 Å². The van der Waals surface area contributed by atoms with Crippen molar-refractivity contribution in [3.05, 3.63) is 71.3 Å². The van der Waals surface area contributed by atoms with E-state index in [2.05, 4.69) is 21.9 Å². The topological polar surface area (TPSA) is 85.1 Å². The third-order valence-corrected chi connectivity index (χ3v) is 6.37. The summed E-state index contributed by atoms with van der Waals surface area (Å²) in [6, 6.07) is 14.7. The monoisotopic (exact) mass is 455 g/mol. The molecule has 1 aliphatic carbocycles. The Morgan fingerprint density at radius 2 is 1.79 bits per heavy atom. The van der Waals surface area contributed by atoms with Gasteiger partial charge in [0.15, 0.2) is 0 Å². The van der Waals surface area contributed by atoms with E-state index in [4.69, 9.17) is 0 Å². The van der Waals surface area contributed by atoms with Crippen molar-refractivity contribution in [2.45, 2.75) is 58.4 Å². The minimum Gasteiger partial charge on any atom is -0.478 e. The molecule has 0 radical (unpaired) electrons. The van der Waals surface area contributed by atoms with Crippen molar-refractivity contribution in [3.63, 3.8) is 0 Å². The molecule has 0 atom stereocenters. The van der Waals surface area contributed by atoms with Crippen LogP contribution >= 0.6 is 0 Å². The van der Waals surface area contributed by atoms with Gasteiger partial charge in [-0.2, -0.15) is 0 Å². The van der Waals surface area contributed by atoms with Crippen LogP contribution in [0.4, 0.5) is 0 Å². The van der Waals surface area contributed by atoms with E-state index in [1.54, 1.807) is 23.7 Å². The van der Waals surface area contributed by atoms with Crippen LogP contribution in [0.1, 0.15) is 77.8 Å². The Kier molecular flexibility index (Phi) is 7.54. The number of Topliss-reactive ketones (excluding diaryl/α,β-unsaturated/α-hetero) is 1. The Morgan fingerprint density at radius 3 is 2.50 bits per heavy atom. The number of carbonyl (C=O) groups excluding carboxylic acids is 1. The molecule has 174 valence electrons. The number of aromatic nitrogens is 3. The fraction of sp³-hybridized carbons (Fsp3) is 0.357. The normalized spacial score (nSPS) is 13.8. The number of ketones is 1. The quantitative estimate of drug-likeness (QED) is 0.363. The van der Waals surface area contributed by atoms with Gasteiger partial charge in [0.05, 0.1) is 18.5 Å². The van der Waals surface area contributed by atoms with Crippen molar-refractivity contribution in [1.82, 2.24) is 14.8 Å². The van der Waals surface area contributed by atoms with Gasteiger partial charge in [0.2, 0.25) is 11.6 Å². The molecule has 6 heteroatoms. The molecular weight excluding hydrogens is 426 g/mol. The summed E-state index contributed by atoms with van der Waals surface area (Å²) < 4.78 is 1.76. The Bertz CT molecular complexity index is 1230. The molecule has 1 N–H and O–H groups in total. The zero-order valence-electron chi connectivity index (χ0n) is 19.5. The van der Waals surface area contributed by atoms with Crippen LogP contribution in [-0.2, 0) is 13.0 Å². The number of nitrogens with zero attached hydrogens (tertiary/aromatic N) is 3. The highest BCUT2D eigenvalue weighted by Crippen LogP contribution is 2.27. The van der Waals surface area contributed by atoms with Gasteiger partial charge in [-0.05, 0) is 35.6 Å². The van der Waals surface area contributed by atoms with Crippen molar-refractivity contribution >= 4 is 11.8 Å². The standard InChI is InChI=1S/C28H29N3O3/c1-2-3-13-26-29-27(25(32)18-20-9-5-4-6-10-20)30-31(26)19-21-14-16-22(17-15-21)23-11-7-8-12-24(23)28(33)34/h7-8,11-12,14-17,20H,4-6,9-10,13,18-19H2,1H3,(H,33,34). The minimum atomic E-state index is -0.950. The maximum Gasteiger partial charge on any atom is 0.336 e. The smallest absolute Gasteiger partial charge is 0.336 e. The Hall–Kier alpha value is -3.72. The van der Waals surface area contributed by atoms with Gasteiger partial charge in [-0.25, -0.2) is 14.5 Å². The molecule has 6 nitrogen and oxygen atoms in total. The summed E-state index contributed by atoms with van der Waals surface area (Å²) in [5.41, 5.74) is 2.77. The second-order valence-corrected chi connectivity index (χ2v) is 8.79. The maximum atomic E-state index is 12.9. The lowest BCUT2D eigenvalue weighted by atomic mass is 9.86. The SMILES string of the molecule is CC#CCc1nc(C(=O)CC2CCCCC2)nn1Cc1ccc(-c2ccccc2C(=O)O)cc1. The molecule has 1 heterocycles. The first-order valence-corrected chi connectivity index (χ1v) is 11.8. The fourth-order valence-corrected chi connectivity index (χ4v) is 4.55. The first-order chi connectivity index (χ1) is 16.5. The highest BCUT2D eigenvalue weighted by Gasteiger charge is 2.22. The summed E-state index contributed by atoms with van der Waals surface area (Å²) in [5, 5.41) is 14.0. The average Bonchev–Trinajstić information content (AvgIpc) is 3.26. The number of carboxylic acids is 1. The van der Waals surface area contributed by atoms with Crippen molar-refractivity contribution in [3.8, 4) is 23.0 Å². The lowest BCUT2D eigenvalue weighted by Gasteiger charge is -2.19. The van der Waals surface area contributed by atoms with E-state index in [-0.39, 0.29) is 17.2 Å². The molecule has 0 aliphatic heterocycles. The highest BCUT2D eigenvalue weighted by atomic mass is 16.4. The summed E-state index contributed by atoms with van der Waals surface area (Å²) in [4.78, 5) is 29.0. The van der Waals surface area contributed by atoms with Crippen LogP contribution in [0.3, 0.4) is 0 Å². The molecule has 0 unspecified atom stereocenters. The second-order valence-electron chi connectivity index (χ2n) is 8.79. The summed E-state index contributed by atoms with van der Waals surface area (Å²) in [6.45, 7) is 2.24. The lowest BCUT2D eigenvalue weighted by molar-refractivity contribution is 0.0697. The molecule has 1 fully saturated rings. The molecule has 0 saturated heterocycles. The van der Waals surface area contributed by atoms with Crippen LogP contribution in [0.2, 0.25) is 0 Å². The molecule has 4 rings (SSSR count). The zero-order valence-corrected chi connectivity index (χ0v) is 19.5. The molecule has 1 aromatic heterocycles. The number of rotatable bonds is 8. The molecule has 0 spiro atoms. The van der Waals surface area contributed by atoms with Gasteiger partial charge in [-0.3, -0.25) is 4.79 Å². The van der Waals surface area contributed by atoms with E-state index in [0.29, 0.717) is 36.7 Å². The van der Waals surface area contributed by atoms with Crippen molar-refractivity contribution in [1.29, 1.82) is 0 Å². The summed E-state index contributed by atoms with van der Waals surface area (Å²) in [6.07, 6.45) is 6.83. The first kappa shape index (κ1) is 23.4. The van der Waals surface area contributed by atoms with Crippen LogP contribution in [0.5, 0.6) is 0 Å². The predicted molar refractivity (Wildman–Crippen MR) is 131 cm³/mol. The Morgan fingerprint density at radius 1 is 1.06 bits per heavy atom. The zero-order chi connectivity index (χ0) is 23.9. The molecule has 2 aromatic carbocycles. The molecular formula is C28H29N3O3. The molecule has 0 bridgehead atoms. The maximum absolute atomic E-state index is 12.9. The second kappa shape index (κ2) is 10.9. The first-order valence-electron chi connectivity index (χ1n) is 11.8. The number of aromatic carboxylic acids is 1. The van der Waals surface area contributed by atoms with Gasteiger partial charge in [0.1, 0.15) is 5.82 Å². The molecule has 3 aromatic rings. The number of hydrogen-bond acceptors (Lipinski definition) is 4. The van der Waals surface area contributed by atoms with Gasteiger partial charge < -0.3 is 5.11 Å². The van der Waals surface area contributed by atoms with Crippen LogP contribution < -0.4 is 0 Å². The Labute approximate surface area is 200 Å². The van der Waals surface area contributed by atoms with E-state index in [0.717, 1.165) is 24.0 Å². The van der Waals surface area contributed by atoms with E-state index in [1.807, 2.05) is 36.4 Å². The van der Waals surface area contributed by atoms with Gasteiger partial charge in [-0.1, -0.05) is 80.5 Å².